The Morgan fingerprint density at radius 1 is 0.500 bits per heavy atom. The summed E-state index contributed by atoms with van der Waals surface area (Å²) in [6.45, 7) is 5.21. The van der Waals surface area contributed by atoms with Crippen LogP contribution in [0.25, 0.3) is 0 Å². The molecule has 3 nitrogen and oxygen atoms in total. The van der Waals surface area contributed by atoms with Gasteiger partial charge in [0, 0.05) is 50.3 Å². The van der Waals surface area contributed by atoms with Crippen LogP contribution in [0.5, 0.6) is 0 Å². The highest BCUT2D eigenvalue weighted by atomic mass is 15.3. The van der Waals surface area contributed by atoms with Gasteiger partial charge in [0.2, 0.25) is 0 Å². The third kappa shape index (κ3) is 6.69. The van der Waals surface area contributed by atoms with Crippen molar-refractivity contribution in [3.05, 3.63) is 0 Å². The fourth-order valence-electron chi connectivity index (χ4n) is 7.13. The monoisotopic (exact) mass is 417 g/mol. The minimum Gasteiger partial charge on any atom is -0.311 e. The smallest absolute Gasteiger partial charge is 0.0380 e. The predicted molar refractivity (Wildman–Crippen MR) is 129 cm³/mol. The summed E-state index contributed by atoms with van der Waals surface area (Å²) in [5, 5.41) is 3.94. The predicted octanol–water partition coefficient (Wildman–Crippen LogP) is 6.12. The van der Waals surface area contributed by atoms with E-state index in [4.69, 9.17) is 0 Å². The van der Waals surface area contributed by atoms with Crippen LogP contribution < -0.4 is 5.32 Å². The number of hydrogen-bond donors (Lipinski definition) is 1. The third-order valence-corrected chi connectivity index (χ3v) is 8.95. The van der Waals surface area contributed by atoms with Crippen LogP contribution in [0, 0.1) is 0 Å². The molecule has 174 valence electrons. The number of piperazine rings is 1. The molecule has 2 atom stereocenters. The summed E-state index contributed by atoms with van der Waals surface area (Å²) in [5.41, 5.74) is 0. The average Bonchev–Trinajstić information content (AvgIpc) is 2.80. The molecule has 30 heavy (non-hydrogen) atoms. The summed E-state index contributed by atoms with van der Waals surface area (Å²) >= 11 is 0. The van der Waals surface area contributed by atoms with E-state index in [2.05, 4.69) is 15.1 Å². The van der Waals surface area contributed by atoms with E-state index in [0.717, 1.165) is 24.2 Å². The van der Waals surface area contributed by atoms with Crippen LogP contribution in [0.3, 0.4) is 0 Å². The van der Waals surface area contributed by atoms with Gasteiger partial charge in [-0.2, -0.15) is 0 Å². The molecule has 0 spiro atoms. The maximum atomic E-state index is 3.94. The van der Waals surface area contributed by atoms with Crippen molar-refractivity contribution in [1.82, 2.24) is 15.1 Å². The van der Waals surface area contributed by atoms with E-state index in [1.165, 1.54) is 148 Å². The third-order valence-electron chi connectivity index (χ3n) is 8.95. The summed E-state index contributed by atoms with van der Waals surface area (Å²) in [7, 11) is 0. The Kier molecular flexibility index (Phi) is 9.83. The molecule has 2 aliphatic carbocycles. The fraction of sp³-hybridized carbons (Fsp3) is 1.00. The molecule has 4 aliphatic rings. The Labute approximate surface area is 187 Å². The molecule has 1 N–H and O–H groups in total. The first-order chi connectivity index (χ1) is 14.9. The van der Waals surface area contributed by atoms with Crippen LogP contribution in [-0.4, -0.2) is 60.1 Å². The second-order valence-electron chi connectivity index (χ2n) is 11.1. The number of likely N-dealkylation sites (tertiary alicyclic amines) is 1. The lowest BCUT2D eigenvalue weighted by molar-refractivity contribution is -0.00591. The molecular formula is C27H51N3. The van der Waals surface area contributed by atoms with Gasteiger partial charge in [0.15, 0.2) is 0 Å². The lowest BCUT2D eigenvalue weighted by atomic mass is 9.88. The van der Waals surface area contributed by atoms with Gasteiger partial charge in [-0.05, 0) is 32.1 Å². The van der Waals surface area contributed by atoms with Crippen molar-refractivity contribution in [2.45, 2.75) is 146 Å². The van der Waals surface area contributed by atoms with E-state index < -0.39 is 0 Å². The largest absolute Gasteiger partial charge is 0.311 e. The molecular weight excluding hydrogens is 366 g/mol. The van der Waals surface area contributed by atoms with Crippen LogP contribution >= 0.6 is 0 Å². The molecule has 3 heteroatoms. The van der Waals surface area contributed by atoms with Crippen molar-refractivity contribution in [2.24, 2.45) is 0 Å². The zero-order chi connectivity index (χ0) is 20.4. The van der Waals surface area contributed by atoms with Crippen molar-refractivity contribution >= 4 is 0 Å². The van der Waals surface area contributed by atoms with E-state index in [0.29, 0.717) is 0 Å². The van der Waals surface area contributed by atoms with Crippen LogP contribution in [-0.2, 0) is 0 Å². The summed E-state index contributed by atoms with van der Waals surface area (Å²) in [5.74, 6) is 0. The quantitative estimate of drug-likeness (QED) is 0.584. The molecule has 0 aromatic carbocycles. The molecule has 0 bridgehead atoms. The van der Waals surface area contributed by atoms with Gasteiger partial charge in [0.05, 0.1) is 0 Å². The Morgan fingerprint density at radius 3 is 1.57 bits per heavy atom. The maximum Gasteiger partial charge on any atom is 0.0380 e. The molecule has 4 fully saturated rings. The van der Waals surface area contributed by atoms with Crippen molar-refractivity contribution < 1.29 is 0 Å². The first kappa shape index (κ1) is 23.1. The molecule has 2 unspecified atom stereocenters. The minimum atomic E-state index is 0.755. The van der Waals surface area contributed by atoms with Crippen LogP contribution in [0.1, 0.15) is 122 Å². The first-order valence-corrected chi connectivity index (χ1v) is 14.1. The lowest BCUT2D eigenvalue weighted by Crippen LogP contribution is -2.67. The van der Waals surface area contributed by atoms with E-state index >= 15 is 0 Å². The number of fused-ring (bicyclic) bond motifs is 1. The summed E-state index contributed by atoms with van der Waals surface area (Å²) in [4.78, 5) is 5.98. The molecule has 0 amide bonds. The normalized spacial score (nSPS) is 33.6. The second-order valence-corrected chi connectivity index (χ2v) is 11.1. The molecule has 2 heterocycles. The minimum absolute atomic E-state index is 0.755. The zero-order valence-electron chi connectivity index (χ0n) is 20.0. The Balaban J connectivity index is 1.38. The highest BCUT2D eigenvalue weighted by Crippen LogP contribution is 2.30. The maximum absolute atomic E-state index is 3.94. The Morgan fingerprint density at radius 2 is 1.00 bits per heavy atom. The summed E-state index contributed by atoms with van der Waals surface area (Å²) in [6.07, 6.45) is 27.9. The number of hydrogen-bond acceptors (Lipinski definition) is 3. The summed E-state index contributed by atoms with van der Waals surface area (Å²) < 4.78 is 0. The molecule has 0 radical (unpaired) electrons. The number of rotatable bonds is 2. The van der Waals surface area contributed by atoms with Gasteiger partial charge in [0.1, 0.15) is 0 Å². The molecule has 2 aliphatic heterocycles. The van der Waals surface area contributed by atoms with Crippen molar-refractivity contribution in [3.63, 3.8) is 0 Å². The molecule has 0 aromatic heterocycles. The fourth-order valence-corrected chi connectivity index (χ4v) is 7.13. The SMILES string of the molecule is C1CCCCC(N2CCC3NCCN(C4CCCCCCCCC4)C3C2)CCCC1. The Bertz CT molecular complexity index is 447. The topological polar surface area (TPSA) is 18.5 Å². The van der Waals surface area contributed by atoms with E-state index in [1.54, 1.807) is 0 Å². The van der Waals surface area contributed by atoms with E-state index in [-0.39, 0.29) is 0 Å². The first-order valence-electron chi connectivity index (χ1n) is 14.1. The van der Waals surface area contributed by atoms with Gasteiger partial charge < -0.3 is 5.32 Å². The molecule has 4 rings (SSSR count). The van der Waals surface area contributed by atoms with Crippen molar-refractivity contribution in [1.29, 1.82) is 0 Å². The van der Waals surface area contributed by atoms with E-state index in [9.17, 15) is 0 Å². The number of piperidine rings is 1. The van der Waals surface area contributed by atoms with Gasteiger partial charge in [0.25, 0.3) is 0 Å². The Hall–Kier alpha value is -0.120. The van der Waals surface area contributed by atoms with Crippen molar-refractivity contribution in [3.8, 4) is 0 Å². The summed E-state index contributed by atoms with van der Waals surface area (Å²) in [6, 6.07) is 3.26. The molecule has 0 aromatic rings. The van der Waals surface area contributed by atoms with E-state index in [1.807, 2.05) is 0 Å². The number of nitrogens with zero attached hydrogens (tertiary/aromatic N) is 2. The molecule has 2 saturated heterocycles. The highest BCUT2D eigenvalue weighted by molar-refractivity contribution is 4.98. The van der Waals surface area contributed by atoms with Crippen LogP contribution in [0.2, 0.25) is 0 Å². The average molecular weight is 418 g/mol. The van der Waals surface area contributed by atoms with Crippen LogP contribution in [0.15, 0.2) is 0 Å². The van der Waals surface area contributed by atoms with Gasteiger partial charge in [-0.25, -0.2) is 0 Å². The van der Waals surface area contributed by atoms with Gasteiger partial charge in [-0.3, -0.25) is 9.80 Å². The zero-order valence-corrected chi connectivity index (χ0v) is 20.0. The number of nitrogens with one attached hydrogen (secondary N) is 1. The van der Waals surface area contributed by atoms with Gasteiger partial charge >= 0.3 is 0 Å². The standard InChI is InChI=1S/C27H51N3/c1-3-7-11-15-24(16-12-8-4-1)29-21-19-26-27(23-29)30(22-20-28-26)25-17-13-9-5-2-6-10-14-18-25/h24-28H,1-23H2. The second kappa shape index (κ2) is 12.8. The van der Waals surface area contributed by atoms with Gasteiger partial charge in [-0.1, -0.05) is 89.9 Å². The molecule has 2 saturated carbocycles. The van der Waals surface area contributed by atoms with Crippen LogP contribution in [0.4, 0.5) is 0 Å². The van der Waals surface area contributed by atoms with Gasteiger partial charge in [-0.15, -0.1) is 0 Å². The highest BCUT2D eigenvalue weighted by Gasteiger charge is 2.39. The lowest BCUT2D eigenvalue weighted by Gasteiger charge is -2.52. The van der Waals surface area contributed by atoms with Crippen molar-refractivity contribution in [2.75, 3.05) is 26.2 Å².